The van der Waals surface area contributed by atoms with Crippen molar-refractivity contribution in [2.45, 2.75) is 38.8 Å². The van der Waals surface area contributed by atoms with Crippen molar-refractivity contribution in [3.05, 3.63) is 29.8 Å². The van der Waals surface area contributed by atoms with E-state index in [1.54, 1.807) is 37.8 Å². The summed E-state index contributed by atoms with van der Waals surface area (Å²) in [7, 11) is 0. The standard InChI is InChI=1S/C16H21F3N2O3/c1-15(2,3)24-14(22)21-9-8-20-13(10-21)11-4-6-12(7-5-11)23-16(17,18)19/h4-7,13,20H,8-10H2,1-3H3. The number of carbonyl (C=O) groups is 1. The number of hydrogen-bond donors (Lipinski definition) is 1. The predicted molar refractivity (Wildman–Crippen MR) is 81.7 cm³/mol. The molecule has 1 amide bonds. The second-order valence-electron chi connectivity index (χ2n) is 6.55. The zero-order valence-corrected chi connectivity index (χ0v) is 13.8. The Hall–Kier alpha value is -1.96. The molecule has 0 aromatic heterocycles. The molecule has 0 bridgehead atoms. The minimum Gasteiger partial charge on any atom is -0.444 e. The summed E-state index contributed by atoms with van der Waals surface area (Å²) < 4.78 is 45.7. The number of nitrogens with one attached hydrogen (secondary N) is 1. The molecule has 1 heterocycles. The molecule has 1 N–H and O–H groups in total. The summed E-state index contributed by atoms with van der Waals surface area (Å²) in [6, 6.07) is 5.45. The van der Waals surface area contributed by atoms with Crippen LogP contribution in [0.25, 0.3) is 0 Å². The summed E-state index contributed by atoms with van der Waals surface area (Å²) in [5, 5.41) is 3.24. The van der Waals surface area contributed by atoms with Gasteiger partial charge < -0.3 is 19.7 Å². The number of halogens is 3. The highest BCUT2D eigenvalue weighted by atomic mass is 19.4. The van der Waals surface area contributed by atoms with Crippen molar-refractivity contribution < 1.29 is 27.4 Å². The van der Waals surface area contributed by atoms with Crippen LogP contribution in [0.15, 0.2) is 24.3 Å². The van der Waals surface area contributed by atoms with Crippen LogP contribution in [-0.2, 0) is 4.74 Å². The van der Waals surface area contributed by atoms with Crippen molar-refractivity contribution in [3.63, 3.8) is 0 Å². The molecule has 0 spiro atoms. The zero-order chi connectivity index (χ0) is 18.0. The molecule has 0 aliphatic carbocycles. The van der Waals surface area contributed by atoms with E-state index >= 15 is 0 Å². The monoisotopic (exact) mass is 346 g/mol. The fraction of sp³-hybridized carbons (Fsp3) is 0.562. The number of piperazine rings is 1. The van der Waals surface area contributed by atoms with Crippen LogP contribution in [-0.4, -0.2) is 42.6 Å². The van der Waals surface area contributed by atoms with Gasteiger partial charge in [0.15, 0.2) is 0 Å². The van der Waals surface area contributed by atoms with E-state index in [4.69, 9.17) is 4.74 Å². The Morgan fingerprint density at radius 1 is 1.21 bits per heavy atom. The van der Waals surface area contributed by atoms with Gasteiger partial charge in [0, 0.05) is 19.6 Å². The van der Waals surface area contributed by atoms with Crippen LogP contribution in [0, 0.1) is 0 Å². The summed E-state index contributed by atoms with van der Waals surface area (Å²) in [5.74, 6) is -0.272. The molecular weight excluding hydrogens is 325 g/mol. The highest BCUT2D eigenvalue weighted by molar-refractivity contribution is 5.68. The maximum absolute atomic E-state index is 12.2. The molecule has 1 saturated heterocycles. The third-order valence-electron chi connectivity index (χ3n) is 3.34. The first-order valence-corrected chi connectivity index (χ1v) is 7.60. The van der Waals surface area contributed by atoms with Gasteiger partial charge in [0.05, 0.1) is 6.04 Å². The first kappa shape index (κ1) is 18.4. The fourth-order valence-electron chi connectivity index (χ4n) is 2.37. The minimum atomic E-state index is -4.71. The van der Waals surface area contributed by atoms with Crippen molar-refractivity contribution in [3.8, 4) is 5.75 Å². The molecule has 0 radical (unpaired) electrons. The number of ether oxygens (including phenoxy) is 2. The minimum absolute atomic E-state index is 0.175. The van der Waals surface area contributed by atoms with Gasteiger partial charge in [0.25, 0.3) is 0 Å². The second kappa shape index (κ2) is 6.88. The van der Waals surface area contributed by atoms with Gasteiger partial charge in [0.1, 0.15) is 11.4 Å². The van der Waals surface area contributed by atoms with Gasteiger partial charge >= 0.3 is 12.5 Å². The maximum atomic E-state index is 12.2. The lowest BCUT2D eigenvalue weighted by Crippen LogP contribution is -2.49. The molecule has 1 aliphatic heterocycles. The highest BCUT2D eigenvalue weighted by Crippen LogP contribution is 2.25. The fourth-order valence-corrected chi connectivity index (χ4v) is 2.37. The van der Waals surface area contributed by atoms with E-state index in [1.807, 2.05) is 0 Å². The quantitative estimate of drug-likeness (QED) is 0.891. The van der Waals surface area contributed by atoms with Crippen LogP contribution in [0.2, 0.25) is 0 Å². The van der Waals surface area contributed by atoms with Crippen LogP contribution < -0.4 is 10.1 Å². The van der Waals surface area contributed by atoms with Crippen LogP contribution in [0.5, 0.6) is 5.75 Å². The Morgan fingerprint density at radius 3 is 2.38 bits per heavy atom. The van der Waals surface area contributed by atoms with Gasteiger partial charge in [-0.1, -0.05) is 12.1 Å². The molecule has 8 heteroatoms. The predicted octanol–water partition coefficient (Wildman–Crippen LogP) is 3.47. The molecule has 1 aromatic carbocycles. The topological polar surface area (TPSA) is 50.8 Å². The SMILES string of the molecule is CC(C)(C)OC(=O)N1CCNC(c2ccc(OC(F)(F)F)cc2)C1. The summed E-state index contributed by atoms with van der Waals surface area (Å²) in [5.41, 5.74) is 0.200. The number of rotatable bonds is 2. The van der Waals surface area contributed by atoms with Crippen molar-refractivity contribution in [1.82, 2.24) is 10.2 Å². The smallest absolute Gasteiger partial charge is 0.444 e. The van der Waals surface area contributed by atoms with Gasteiger partial charge in [-0.2, -0.15) is 0 Å². The number of carbonyl (C=O) groups excluding carboxylic acids is 1. The van der Waals surface area contributed by atoms with Gasteiger partial charge in [-0.3, -0.25) is 0 Å². The molecule has 0 saturated carbocycles. The van der Waals surface area contributed by atoms with Gasteiger partial charge in [-0.25, -0.2) is 4.79 Å². The molecule has 1 unspecified atom stereocenters. The number of benzene rings is 1. The van der Waals surface area contributed by atoms with Gasteiger partial charge in [-0.15, -0.1) is 13.2 Å². The Morgan fingerprint density at radius 2 is 1.83 bits per heavy atom. The Kier molecular flexibility index (Phi) is 5.27. The molecule has 1 aromatic rings. The normalized spacial score (nSPS) is 19.1. The molecule has 1 aliphatic rings. The third kappa shape index (κ3) is 5.59. The number of hydrogen-bond acceptors (Lipinski definition) is 4. The average Bonchev–Trinajstić information content (AvgIpc) is 2.45. The van der Waals surface area contributed by atoms with Crippen LogP contribution in [0.1, 0.15) is 32.4 Å². The van der Waals surface area contributed by atoms with E-state index in [-0.39, 0.29) is 11.8 Å². The van der Waals surface area contributed by atoms with Crippen molar-refractivity contribution in [2.24, 2.45) is 0 Å². The zero-order valence-electron chi connectivity index (χ0n) is 13.8. The molecule has 1 fully saturated rings. The molecular formula is C16H21F3N2O3. The number of nitrogens with zero attached hydrogens (tertiary/aromatic N) is 1. The first-order valence-electron chi connectivity index (χ1n) is 7.60. The summed E-state index contributed by atoms with van der Waals surface area (Å²) in [4.78, 5) is 13.7. The Bertz CT molecular complexity index is 567. The lowest BCUT2D eigenvalue weighted by atomic mass is 10.0. The second-order valence-corrected chi connectivity index (χ2v) is 6.55. The van der Waals surface area contributed by atoms with Crippen molar-refractivity contribution in [1.29, 1.82) is 0 Å². The summed E-state index contributed by atoms with van der Waals surface area (Å²) in [6.45, 7) is 6.86. The van der Waals surface area contributed by atoms with Crippen LogP contribution in [0.4, 0.5) is 18.0 Å². The Balaban J connectivity index is 2.00. The van der Waals surface area contributed by atoms with Crippen molar-refractivity contribution in [2.75, 3.05) is 19.6 Å². The molecule has 134 valence electrons. The largest absolute Gasteiger partial charge is 0.573 e. The van der Waals surface area contributed by atoms with Gasteiger partial charge in [-0.05, 0) is 38.5 Å². The Labute approximate surface area is 138 Å². The number of amides is 1. The van der Waals surface area contributed by atoms with E-state index in [9.17, 15) is 18.0 Å². The summed E-state index contributed by atoms with van der Waals surface area (Å²) in [6.07, 6.45) is -5.11. The van der Waals surface area contributed by atoms with Crippen LogP contribution >= 0.6 is 0 Å². The van der Waals surface area contributed by atoms with E-state index in [0.29, 0.717) is 19.6 Å². The maximum Gasteiger partial charge on any atom is 0.573 e. The van der Waals surface area contributed by atoms with E-state index in [2.05, 4.69) is 10.1 Å². The number of alkyl halides is 3. The summed E-state index contributed by atoms with van der Waals surface area (Å²) >= 11 is 0. The highest BCUT2D eigenvalue weighted by Gasteiger charge is 2.31. The van der Waals surface area contributed by atoms with E-state index in [1.165, 1.54) is 12.1 Å². The van der Waals surface area contributed by atoms with E-state index < -0.39 is 18.1 Å². The molecule has 24 heavy (non-hydrogen) atoms. The first-order chi connectivity index (χ1) is 11.0. The van der Waals surface area contributed by atoms with Gasteiger partial charge in [0.2, 0.25) is 0 Å². The van der Waals surface area contributed by atoms with Crippen LogP contribution in [0.3, 0.4) is 0 Å². The van der Waals surface area contributed by atoms with Crippen molar-refractivity contribution >= 4 is 6.09 Å². The molecule has 5 nitrogen and oxygen atoms in total. The lowest BCUT2D eigenvalue weighted by Gasteiger charge is -2.35. The average molecular weight is 346 g/mol. The lowest BCUT2D eigenvalue weighted by molar-refractivity contribution is -0.274. The third-order valence-corrected chi connectivity index (χ3v) is 3.34. The van der Waals surface area contributed by atoms with E-state index in [0.717, 1.165) is 5.56 Å². The molecule has 1 atom stereocenters. The molecule has 2 rings (SSSR count).